The highest BCUT2D eigenvalue weighted by Crippen LogP contribution is 2.31. The molecule has 3 unspecified atom stereocenters. The van der Waals surface area contributed by atoms with Gasteiger partial charge in [-0.1, -0.05) is 30.3 Å². The lowest BCUT2D eigenvalue weighted by Crippen LogP contribution is -2.47. The smallest absolute Gasteiger partial charge is 0.142 e. The number of piperidine rings is 1. The van der Waals surface area contributed by atoms with Gasteiger partial charge in [0.05, 0.1) is 5.39 Å². The van der Waals surface area contributed by atoms with Gasteiger partial charge >= 0.3 is 0 Å². The topological polar surface area (TPSA) is 68.9 Å². The molecule has 0 spiro atoms. The Morgan fingerprint density at radius 2 is 2.04 bits per heavy atom. The third-order valence-electron chi connectivity index (χ3n) is 6.08. The van der Waals surface area contributed by atoms with Crippen molar-refractivity contribution in [1.29, 1.82) is 0 Å². The zero-order valence-electron chi connectivity index (χ0n) is 15.4. The van der Waals surface area contributed by atoms with E-state index in [1.54, 1.807) is 6.33 Å². The molecule has 6 heteroatoms. The second-order valence-corrected chi connectivity index (χ2v) is 7.79. The van der Waals surface area contributed by atoms with Crippen LogP contribution in [-0.2, 0) is 6.42 Å². The normalized spacial score (nSPS) is 25.9. The monoisotopic (exact) mass is 362 g/mol. The van der Waals surface area contributed by atoms with E-state index in [9.17, 15) is 0 Å². The summed E-state index contributed by atoms with van der Waals surface area (Å²) in [6, 6.07) is 13.4. The zero-order chi connectivity index (χ0) is 18.1. The molecule has 140 valence electrons. The number of fused-ring (bicyclic) bond motifs is 1. The van der Waals surface area contributed by atoms with E-state index < -0.39 is 0 Å². The quantitative estimate of drug-likeness (QED) is 0.665. The molecule has 0 saturated carbocycles. The molecule has 0 bridgehead atoms. The van der Waals surface area contributed by atoms with Crippen molar-refractivity contribution >= 4 is 16.9 Å². The maximum Gasteiger partial charge on any atom is 0.142 e. The largest absolute Gasteiger partial charge is 0.356 e. The number of hydrogen-bond acceptors (Lipinski definition) is 5. The van der Waals surface area contributed by atoms with Crippen molar-refractivity contribution in [3.8, 4) is 0 Å². The Hall–Kier alpha value is -2.44. The standard InChI is InChI=1S/C21H26N6/c1-2-5-15(6-3-1)11-17-12-25-26-19(17)16-7-4-10-27(13-16)21-18-8-9-22-20(18)23-14-24-21/h1-3,5-6,8-9,14,16-17,19,25-26H,4,7,10-13H2,(H,22,23,24). The third-order valence-corrected chi connectivity index (χ3v) is 6.08. The highest BCUT2D eigenvalue weighted by Gasteiger charge is 2.36. The molecule has 0 aliphatic carbocycles. The second-order valence-electron chi connectivity index (χ2n) is 7.79. The Labute approximate surface area is 159 Å². The Kier molecular flexibility index (Phi) is 4.51. The van der Waals surface area contributed by atoms with Crippen molar-refractivity contribution in [2.75, 3.05) is 24.5 Å². The summed E-state index contributed by atoms with van der Waals surface area (Å²) in [6.45, 7) is 3.14. The minimum atomic E-state index is 0.497. The van der Waals surface area contributed by atoms with Crippen LogP contribution in [-0.4, -0.2) is 40.6 Å². The maximum absolute atomic E-state index is 4.61. The van der Waals surface area contributed by atoms with Gasteiger partial charge in [0.15, 0.2) is 0 Å². The van der Waals surface area contributed by atoms with E-state index in [1.165, 1.54) is 18.4 Å². The number of hydrogen-bond donors (Lipinski definition) is 3. The van der Waals surface area contributed by atoms with Gasteiger partial charge < -0.3 is 9.88 Å². The predicted octanol–water partition coefficient (Wildman–Crippen LogP) is 2.51. The fourth-order valence-electron chi connectivity index (χ4n) is 4.78. The SMILES string of the molecule is c1ccc(CC2CNNC2C2CCCN(c3ncnc4[nH]ccc34)C2)cc1. The highest BCUT2D eigenvalue weighted by molar-refractivity contribution is 5.87. The molecule has 2 aromatic heterocycles. The predicted molar refractivity (Wildman–Crippen MR) is 107 cm³/mol. The summed E-state index contributed by atoms with van der Waals surface area (Å²) in [6.07, 6.45) is 7.21. The van der Waals surface area contributed by atoms with Crippen molar-refractivity contribution in [3.63, 3.8) is 0 Å². The van der Waals surface area contributed by atoms with E-state index in [-0.39, 0.29) is 0 Å². The minimum absolute atomic E-state index is 0.497. The summed E-state index contributed by atoms with van der Waals surface area (Å²) < 4.78 is 0. The van der Waals surface area contributed by atoms with Crippen LogP contribution in [0.5, 0.6) is 0 Å². The van der Waals surface area contributed by atoms with Gasteiger partial charge in [-0.25, -0.2) is 9.97 Å². The maximum atomic E-state index is 4.61. The molecule has 3 atom stereocenters. The average Bonchev–Trinajstić information content (AvgIpc) is 3.38. The van der Waals surface area contributed by atoms with E-state index in [4.69, 9.17) is 0 Å². The first-order valence-electron chi connectivity index (χ1n) is 9.94. The van der Waals surface area contributed by atoms with Crippen LogP contribution in [0.3, 0.4) is 0 Å². The van der Waals surface area contributed by atoms with Crippen LogP contribution in [0.25, 0.3) is 11.0 Å². The lowest BCUT2D eigenvalue weighted by Gasteiger charge is -2.38. The van der Waals surface area contributed by atoms with Crippen molar-refractivity contribution < 1.29 is 0 Å². The molecule has 4 heterocycles. The average molecular weight is 362 g/mol. The number of aromatic nitrogens is 3. The Balaban J connectivity index is 1.34. The van der Waals surface area contributed by atoms with Crippen LogP contribution in [0.1, 0.15) is 18.4 Å². The molecule has 6 nitrogen and oxygen atoms in total. The summed E-state index contributed by atoms with van der Waals surface area (Å²) in [5, 5.41) is 1.12. The van der Waals surface area contributed by atoms with Crippen LogP contribution in [0.2, 0.25) is 0 Å². The molecule has 2 fully saturated rings. The van der Waals surface area contributed by atoms with E-state index in [0.717, 1.165) is 42.9 Å². The van der Waals surface area contributed by atoms with Gasteiger partial charge in [-0.05, 0) is 42.7 Å². The summed E-state index contributed by atoms with van der Waals surface area (Å²) in [5.41, 5.74) is 9.35. The minimum Gasteiger partial charge on any atom is -0.356 e. The number of rotatable bonds is 4. The lowest BCUT2D eigenvalue weighted by molar-refractivity contribution is 0.275. The first-order valence-corrected chi connectivity index (χ1v) is 9.94. The molecule has 2 aliphatic rings. The van der Waals surface area contributed by atoms with E-state index in [0.29, 0.717) is 17.9 Å². The number of benzene rings is 1. The van der Waals surface area contributed by atoms with E-state index in [1.807, 2.05) is 6.20 Å². The molecule has 3 N–H and O–H groups in total. The number of nitrogens with one attached hydrogen (secondary N) is 3. The molecule has 1 aromatic carbocycles. The molecule has 3 aromatic rings. The first-order chi connectivity index (χ1) is 13.4. The lowest BCUT2D eigenvalue weighted by atomic mass is 9.81. The number of anilines is 1. The van der Waals surface area contributed by atoms with Crippen LogP contribution in [0, 0.1) is 11.8 Å². The van der Waals surface area contributed by atoms with Crippen LogP contribution >= 0.6 is 0 Å². The van der Waals surface area contributed by atoms with Crippen LogP contribution in [0.15, 0.2) is 48.9 Å². The summed E-state index contributed by atoms with van der Waals surface area (Å²) in [4.78, 5) is 14.6. The molecule has 2 saturated heterocycles. The van der Waals surface area contributed by atoms with Crippen molar-refractivity contribution in [2.24, 2.45) is 11.8 Å². The Bertz CT molecular complexity index is 892. The molecule has 5 rings (SSSR count). The number of nitrogens with zero attached hydrogens (tertiary/aromatic N) is 3. The molecule has 2 aliphatic heterocycles. The Morgan fingerprint density at radius 1 is 1.11 bits per heavy atom. The number of H-pyrrole nitrogens is 1. The van der Waals surface area contributed by atoms with Crippen LogP contribution in [0.4, 0.5) is 5.82 Å². The molecular formula is C21H26N6. The van der Waals surface area contributed by atoms with Crippen molar-refractivity contribution in [3.05, 3.63) is 54.5 Å². The van der Waals surface area contributed by atoms with Gasteiger partial charge in [-0.15, -0.1) is 0 Å². The fourth-order valence-corrected chi connectivity index (χ4v) is 4.78. The zero-order valence-corrected chi connectivity index (χ0v) is 15.4. The van der Waals surface area contributed by atoms with Gasteiger partial charge in [0.25, 0.3) is 0 Å². The van der Waals surface area contributed by atoms with Gasteiger partial charge in [-0.3, -0.25) is 10.9 Å². The van der Waals surface area contributed by atoms with Crippen LogP contribution < -0.4 is 15.8 Å². The van der Waals surface area contributed by atoms with E-state index >= 15 is 0 Å². The summed E-state index contributed by atoms with van der Waals surface area (Å²) >= 11 is 0. The first kappa shape index (κ1) is 16.7. The van der Waals surface area contributed by atoms with E-state index in [2.05, 4.69) is 67.1 Å². The third kappa shape index (κ3) is 3.31. The number of hydrazine groups is 1. The second kappa shape index (κ2) is 7.29. The molecule has 0 radical (unpaired) electrons. The Morgan fingerprint density at radius 3 is 2.96 bits per heavy atom. The summed E-state index contributed by atoms with van der Waals surface area (Å²) in [7, 11) is 0. The number of aromatic amines is 1. The van der Waals surface area contributed by atoms with Gasteiger partial charge in [0, 0.05) is 31.9 Å². The molecule has 0 amide bonds. The molecular weight excluding hydrogens is 336 g/mol. The summed E-state index contributed by atoms with van der Waals surface area (Å²) in [5.74, 6) is 2.30. The fraction of sp³-hybridized carbons (Fsp3) is 0.429. The van der Waals surface area contributed by atoms with Gasteiger partial charge in [0.2, 0.25) is 0 Å². The molecule has 27 heavy (non-hydrogen) atoms. The van der Waals surface area contributed by atoms with Gasteiger partial charge in [0.1, 0.15) is 17.8 Å². The highest BCUT2D eigenvalue weighted by atomic mass is 15.4. The van der Waals surface area contributed by atoms with Gasteiger partial charge in [-0.2, -0.15) is 0 Å². The van der Waals surface area contributed by atoms with Crippen molar-refractivity contribution in [2.45, 2.75) is 25.3 Å². The van der Waals surface area contributed by atoms with Crippen molar-refractivity contribution in [1.82, 2.24) is 25.8 Å².